The van der Waals surface area contributed by atoms with Gasteiger partial charge in [0, 0.05) is 25.9 Å². The molecule has 0 aliphatic rings. The van der Waals surface area contributed by atoms with E-state index in [4.69, 9.17) is 0 Å². The van der Waals surface area contributed by atoms with Crippen LogP contribution >= 0.6 is 24.0 Å². The van der Waals surface area contributed by atoms with Crippen molar-refractivity contribution >= 4 is 49.8 Å². The Morgan fingerprint density at radius 3 is 2.26 bits per heavy atom. The minimum Gasteiger partial charge on any atom is -0.357 e. The van der Waals surface area contributed by atoms with Gasteiger partial charge in [-0.1, -0.05) is 12.1 Å². The summed E-state index contributed by atoms with van der Waals surface area (Å²) in [4.78, 5) is 4.80. The van der Waals surface area contributed by atoms with Crippen LogP contribution in [0, 0.1) is 6.92 Å². The van der Waals surface area contributed by atoms with Crippen molar-refractivity contribution in [3.05, 3.63) is 29.3 Å². The number of benzene rings is 1. The molecule has 0 bridgehead atoms. The molecular formula is C16H29IN4O4S2. The van der Waals surface area contributed by atoms with Crippen LogP contribution in [0.1, 0.15) is 24.5 Å². The van der Waals surface area contributed by atoms with Crippen LogP contribution in [-0.2, 0) is 26.4 Å². The smallest absolute Gasteiger partial charge is 0.208 e. The summed E-state index contributed by atoms with van der Waals surface area (Å²) in [7, 11) is -6.39. The Bertz CT molecular complexity index is 840. The van der Waals surface area contributed by atoms with E-state index in [1.165, 1.54) is 6.26 Å². The molecule has 0 aromatic heterocycles. The Hall–Kier alpha value is -0.920. The molecule has 0 aliphatic heterocycles. The Labute approximate surface area is 179 Å². The van der Waals surface area contributed by atoms with Crippen molar-refractivity contribution in [3.63, 3.8) is 0 Å². The fourth-order valence-electron chi connectivity index (χ4n) is 2.29. The second kappa shape index (κ2) is 11.8. The van der Waals surface area contributed by atoms with Crippen molar-refractivity contribution in [2.24, 2.45) is 4.99 Å². The van der Waals surface area contributed by atoms with Crippen LogP contribution in [0.15, 0.2) is 28.1 Å². The van der Waals surface area contributed by atoms with Gasteiger partial charge in [-0.15, -0.1) is 24.0 Å². The van der Waals surface area contributed by atoms with Crippen molar-refractivity contribution in [1.29, 1.82) is 0 Å². The molecule has 0 aliphatic carbocycles. The monoisotopic (exact) mass is 532 g/mol. The first-order valence-electron chi connectivity index (χ1n) is 8.29. The second-order valence-corrected chi connectivity index (χ2v) is 9.83. The Balaban J connectivity index is 0.00000676. The van der Waals surface area contributed by atoms with E-state index < -0.39 is 19.9 Å². The number of aliphatic imine (C=N–C) groups is 1. The highest BCUT2D eigenvalue weighted by atomic mass is 127. The Morgan fingerprint density at radius 1 is 1.07 bits per heavy atom. The Morgan fingerprint density at radius 2 is 1.74 bits per heavy atom. The van der Waals surface area contributed by atoms with Crippen LogP contribution in [0.25, 0.3) is 0 Å². The number of aryl methyl sites for hydroxylation is 1. The maximum absolute atomic E-state index is 11.7. The van der Waals surface area contributed by atoms with Gasteiger partial charge >= 0.3 is 0 Å². The molecule has 0 unspecified atom stereocenters. The lowest BCUT2D eigenvalue weighted by Gasteiger charge is -2.12. The SMILES string of the molecule is CCNC(=NCc1ccc(S(C)(=O)=O)c(C)c1)NCCCNS(C)(=O)=O.I. The normalized spacial score (nSPS) is 12.4. The predicted molar refractivity (Wildman–Crippen MR) is 120 cm³/mol. The number of rotatable bonds is 9. The molecule has 0 atom stereocenters. The van der Waals surface area contributed by atoms with Crippen LogP contribution in [-0.4, -0.2) is 54.9 Å². The maximum atomic E-state index is 11.7. The zero-order chi connectivity index (χ0) is 19.8. The van der Waals surface area contributed by atoms with E-state index >= 15 is 0 Å². The van der Waals surface area contributed by atoms with Crippen LogP contribution in [0.3, 0.4) is 0 Å². The van der Waals surface area contributed by atoms with Gasteiger partial charge in [0.15, 0.2) is 15.8 Å². The molecule has 0 fully saturated rings. The first-order chi connectivity index (χ1) is 12.0. The molecule has 3 N–H and O–H groups in total. The average Bonchev–Trinajstić information content (AvgIpc) is 2.49. The Kier molecular flexibility index (Phi) is 11.4. The highest BCUT2D eigenvalue weighted by molar-refractivity contribution is 14.0. The van der Waals surface area contributed by atoms with Crippen LogP contribution in [0.2, 0.25) is 0 Å². The lowest BCUT2D eigenvalue weighted by Crippen LogP contribution is -2.38. The number of nitrogens with one attached hydrogen (secondary N) is 3. The highest BCUT2D eigenvalue weighted by Gasteiger charge is 2.10. The number of sulfone groups is 1. The second-order valence-electron chi connectivity index (χ2n) is 6.01. The van der Waals surface area contributed by atoms with Crippen molar-refractivity contribution in [2.75, 3.05) is 32.1 Å². The highest BCUT2D eigenvalue weighted by Crippen LogP contribution is 2.17. The summed E-state index contributed by atoms with van der Waals surface area (Å²) in [6.45, 7) is 5.74. The van der Waals surface area contributed by atoms with E-state index in [1.807, 2.05) is 13.0 Å². The third kappa shape index (κ3) is 10.9. The summed E-state index contributed by atoms with van der Waals surface area (Å²) in [5.74, 6) is 0.622. The van der Waals surface area contributed by atoms with Gasteiger partial charge in [-0.3, -0.25) is 0 Å². The van der Waals surface area contributed by atoms with Gasteiger partial charge < -0.3 is 10.6 Å². The van der Waals surface area contributed by atoms with E-state index in [0.29, 0.717) is 49.0 Å². The molecule has 1 aromatic rings. The molecule has 0 heterocycles. The first kappa shape index (κ1) is 26.1. The van der Waals surface area contributed by atoms with E-state index in [1.54, 1.807) is 19.1 Å². The number of hydrogen-bond acceptors (Lipinski definition) is 5. The average molecular weight is 532 g/mol. The summed E-state index contributed by atoms with van der Waals surface area (Å²) >= 11 is 0. The van der Waals surface area contributed by atoms with Gasteiger partial charge in [0.25, 0.3) is 0 Å². The predicted octanol–water partition coefficient (Wildman–Crippen LogP) is 1.01. The van der Waals surface area contributed by atoms with Crippen LogP contribution in [0.4, 0.5) is 0 Å². The molecule has 27 heavy (non-hydrogen) atoms. The van der Waals surface area contributed by atoms with Crippen LogP contribution < -0.4 is 15.4 Å². The van der Waals surface area contributed by atoms with Gasteiger partial charge in [-0.05, 0) is 37.5 Å². The maximum Gasteiger partial charge on any atom is 0.208 e. The summed E-state index contributed by atoms with van der Waals surface area (Å²) in [6.07, 6.45) is 2.95. The van der Waals surface area contributed by atoms with E-state index in [-0.39, 0.29) is 24.0 Å². The molecule has 11 heteroatoms. The van der Waals surface area contributed by atoms with Gasteiger partial charge in [-0.25, -0.2) is 26.6 Å². The molecule has 0 saturated carbocycles. The molecule has 0 radical (unpaired) electrons. The van der Waals surface area contributed by atoms with E-state index in [9.17, 15) is 16.8 Å². The third-order valence-electron chi connectivity index (χ3n) is 3.41. The van der Waals surface area contributed by atoms with Crippen LogP contribution in [0.5, 0.6) is 0 Å². The molecule has 0 amide bonds. The number of halogens is 1. The lowest BCUT2D eigenvalue weighted by atomic mass is 10.1. The molecule has 0 spiro atoms. The summed E-state index contributed by atoms with van der Waals surface area (Å²) < 4.78 is 47.7. The van der Waals surface area contributed by atoms with Crippen molar-refractivity contribution in [1.82, 2.24) is 15.4 Å². The summed E-state index contributed by atoms with van der Waals surface area (Å²) in [5, 5.41) is 6.25. The summed E-state index contributed by atoms with van der Waals surface area (Å²) in [6, 6.07) is 5.18. The van der Waals surface area contributed by atoms with Gasteiger partial charge in [0.05, 0.1) is 17.7 Å². The van der Waals surface area contributed by atoms with Crippen molar-refractivity contribution in [3.8, 4) is 0 Å². The minimum atomic E-state index is -3.23. The largest absolute Gasteiger partial charge is 0.357 e. The molecule has 1 rings (SSSR count). The van der Waals surface area contributed by atoms with Crippen molar-refractivity contribution < 1.29 is 16.8 Å². The zero-order valence-corrected chi connectivity index (χ0v) is 20.0. The van der Waals surface area contributed by atoms with E-state index in [2.05, 4.69) is 20.3 Å². The van der Waals surface area contributed by atoms with Gasteiger partial charge in [-0.2, -0.15) is 0 Å². The number of guanidine groups is 1. The molecular weight excluding hydrogens is 503 g/mol. The standard InChI is InChI=1S/C16H28N4O4S2.HI/c1-5-17-16(18-9-6-10-20-26(4,23)24)19-12-14-7-8-15(13(2)11-14)25(3,21)22;/h7-8,11,20H,5-6,9-10,12H2,1-4H3,(H2,17,18,19);1H. The van der Waals surface area contributed by atoms with E-state index in [0.717, 1.165) is 11.8 Å². The topological polar surface area (TPSA) is 117 Å². The van der Waals surface area contributed by atoms with Gasteiger partial charge in [0.1, 0.15) is 0 Å². The zero-order valence-electron chi connectivity index (χ0n) is 16.1. The first-order valence-corrected chi connectivity index (χ1v) is 12.1. The van der Waals surface area contributed by atoms with Gasteiger partial charge in [0.2, 0.25) is 10.0 Å². The molecule has 8 nitrogen and oxygen atoms in total. The molecule has 1 aromatic carbocycles. The summed E-state index contributed by atoms with van der Waals surface area (Å²) in [5.41, 5.74) is 1.61. The minimum absolute atomic E-state index is 0. The van der Waals surface area contributed by atoms with Crippen molar-refractivity contribution in [2.45, 2.75) is 31.7 Å². The number of hydrogen-bond donors (Lipinski definition) is 3. The molecule has 0 saturated heterocycles. The fraction of sp³-hybridized carbons (Fsp3) is 0.562. The fourth-order valence-corrected chi connectivity index (χ4v) is 3.76. The lowest BCUT2D eigenvalue weighted by molar-refractivity contribution is 0.584. The number of sulfonamides is 1. The number of nitrogens with zero attached hydrogens (tertiary/aromatic N) is 1. The molecule has 156 valence electrons. The quantitative estimate of drug-likeness (QED) is 0.189. The third-order valence-corrected chi connectivity index (χ3v) is 5.40.